The van der Waals surface area contributed by atoms with Crippen LogP contribution in [0.15, 0.2) is 30.3 Å². The molecule has 1 aromatic rings. The molecular formula is C15H23NO2. The van der Waals surface area contributed by atoms with Crippen LogP contribution in [-0.2, 0) is 0 Å². The molecule has 1 heterocycles. The highest BCUT2D eigenvalue weighted by atomic mass is 16.3. The lowest BCUT2D eigenvalue weighted by molar-refractivity contribution is 0.0565. The summed E-state index contributed by atoms with van der Waals surface area (Å²) < 4.78 is 0. The van der Waals surface area contributed by atoms with Crippen molar-refractivity contribution in [1.82, 2.24) is 4.90 Å². The molecular weight excluding hydrogens is 226 g/mol. The summed E-state index contributed by atoms with van der Waals surface area (Å²) in [5.74, 6) is 0. The van der Waals surface area contributed by atoms with Gasteiger partial charge in [0.1, 0.15) is 0 Å². The number of aliphatic hydroxyl groups excluding tert-OH is 2. The summed E-state index contributed by atoms with van der Waals surface area (Å²) in [4.78, 5) is 2.33. The zero-order valence-corrected chi connectivity index (χ0v) is 10.8. The molecule has 1 aliphatic rings. The Balaban J connectivity index is 1.94. The van der Waals surface area contributed by atoms with E-state index in [2.05, 4.69) is 4.90 Å². The van der Waals surface area contributed by atoms with Crippen molar-refractivity contribution in [3.63, 3.8) is 0 Å². The Morgan fingerprint density at radius 1 is 1.22 bits per heavy atom. The molecule has 1 aromatic carbocycles. The van der Waals surface area contributed by atoms with E-state index in [4.69, 9.17) is 5.11 Å². The molecule has 1 aliphatic heterocycles. The van der Waals surface area contributed by atoms with Crippen LogP contribution in [0.1, 0.15) is 37.4 Å². The van der Waals surface area contributed by atoms with E-state index in [0.29, 0.717) is 12.6 Å². The van der Waals surface area contributed by atoms with Crippen molar-refractivity contribution < 1.29 is 10.2 Å². The van der Waals surface area contributed by atoms with Gasteiger partial charge in [-0.25, -0.2) is 0 Å². The number of β-amino-alcohol motifs (C(OH)–C–C–N with tert-alkyl or cyclic N) is 1. The van der Waals surface area contributed by atoms with Gasteiger partial charge < -0.3 is 10.2 Å². The molecule has 0 saturated carbocycles. The molecule has 0 aliphatic carbocycles. The van der Waals surface area contributed by atoms with Crippen LogP contribution >= 0.6 is 0 Å². The van der Waals surface area contributed by atoms with Crippen molar-refractivity contribution in [3.8, 4) is 0 Å². The number of nitrogens with zero attached hydrogens (tertiary/aromatic N) is 1. The number of likely N-dealkylation sites (tertiary alicyclic amines) is 1. The Bertz CT molecular complexity index is 340. The van der Waals surface area contributed by atoms with Crippen LogP contribution in [-0.4, -0.2) is 40.9 Å². The van der Waals surface area contributed by atoms with Crippen LogP contribution in [0.4, 0.5) is 0 Å². The average Bonchev–Trinajstić information content (AvgIpc) is 2.42. The third-order valence-electron chi connectivity index (χ3n) is 3.80. The highest BCUT2D eigenvalue weighted by Gasteiger charge is 2.24. The molecule has 2 atom stereocenters. The van der Waals surface area contributed by atoms with E-state index in [-0.39, 0.29) is 6.61 Å². The Kier molecular flexibility index (Phi) is 5.17. The van der Waals surface area contributed by atoms with Crippen molar-refractivity contribution in [1.29, 1.82) is 0 Å². The molecule has 18 heavy (non-hydrogen) atoms. The van der Waals surface area contributed by atoms with Gasteiger partial charge in [0.25, 0.3) is 0 Å². The number of aliphatic hydroxyl groups is 2. The van der Waals surface area contributed by atoms with Gasteiger partial charge in [-0.15, -0.1) is 0 Å². The average molecular weight is 249 g/mol. The lowest BCUT2D eigenvalue weighted by Gasteiger charge is -2.36. The summed E-state index contributed by atoms with van der Waals surface area (Å²) >= 11 is 0. The van der Waals surface area contributed by atoms with Crippen LogP contribution in [0.2, 0.25) is 0 Å². The van der Waals surface area contributed by atoms with Crippen molar-refractivity contribution in [2.75, 3.05) is 19.7 Å². The van der Waals surface area contributed by atoms with E-state index in [0.717, 1.165) is 24.9 Å². The number of hydrogen-bond donors (Lipinski definition) is 2. The standard InChI is InChI=1S/C15H23NO2/c17-11-9-14-8-4-5-10-16(14)12-15(18)13-6-2-1-3-7-13/h1-3,6-7,14-15,17-18H,4-5,8-12H2. The van der Waals surface area contributed by atoms with Gasteiger partial charge in [-0.1, -0.05) is 36.8 Å². The quantitative estimate of drug-likeness (QED) is 0.838. The highest BCUT2D eigenvalue weighted by Crippen LogP contribution is 2.23. The van der Waals surface area contributed by atoms with Crippen LogP contribution in [0.25, 0.3) is 0 Å². The SMILES string of the molecule is OCCC1CCCCN1CC(O)c1ccccc1. The predicted octanol–water partition coefficient (Wildman–Crippen LogP) is 1.96. The fraction of sp³-hybridized carbons (Fsp3) is 0.600. The second-order valence-corrected chi connectivity index (χ2v) is 5.08. The Labute approximate surface area is 109 Å². The molecule has 1 fully saturated rings. The molecule has 100 valence electrons. The zero-order valence-electron chi connectivity index (χ0n) is 10.8. The normalized spacial score (nSPS) is 22.9. The Morgan fingerprint density at radius 2 is 2.00 bits per heavy atom. The molecule has 1 saturated heterocycles. The minimum atomic E-state index is -0.425. The monoisotopic (exact) mass is 249 g/mol. The molecule has 0 amide bonds. The molecule has 0 aromatic heterocycles. The molecule has 2 unspecified atom stereocenters. The first-order chi connectivity index (χ1) is 8.81. The lowest BCUT2D eigenvalue weighted by Crippen LogP contribution is -2.42. The molecule has 0 spiro atoms. The second kappa shape index (κ2) is 6.88. The maximum atomic E-state index is 10.3. The van der Waals surface area contributed by atoms with Crippen molar-refractivity contribution in [3.05, 3.63) is 35.9 Å². The summed E-state index contributed by atoms with van der Waals surface area (Å²) in [6.45, 7) is 1.95. The van der Waals surface area contributed by atoms with Gasteiger partial charge >= 0.3 is 0 Å². The molecule has 2 rings (SSSR count). The topological polar surface area (TPSA) is 43.7 Å². The van der Waals surface area contributed by atoms with Crippen LogP contribution in [0.3, 0.4) is 0 Å². The lowest BCUT2D eigenvalue weighted by atomic mass is 9.98. The Morgan fingerprint density at radius 3 is 2.72 bits per heavy atom. The molecule has 2 N–H and O–H groups in total. The van der Waals surface area contributed by atoms with Crippen LogP contribution < -0.4 is 0 Å². The third-order valence-corrected chi connectivity index (χ3v) is 3.80. The number of benzene rings is 1. The first kappa shape index (κ1) is 13.5. The molecule has 3 nitrogen and oxygen atoms in total. The third kappa shape index (κ3) is 3.55. The number of piperidine rings is 1. The highest BCUT2D eigenvalue weighted by molar-refractivity contribution is 5.17. The second-order valence-electron chi connectivity index (χ2n) is 5.08. The van der Waals surface area contributed by atoms with Crippen LogP contribution in [0.5, 0.6) is 0 Å². The minimum Gasteiger partial charge on any atom is -0.396 e. The van der Waals surface area contributed by atoms with Gasteiger partial charge in [0.05, 0.1) is 6.10 Å². The molecule has 3 heteroatoms. The van der Waals surface area contributed by atoms with Crippen molar-refractivity contribution in [2.45, 2.75) is 37.8 Å². The summed E-state index contributed by atoms with van der Waals surface area (Å²) in [7, 11) is 0. The molecule has 0 radical (unpaired) electrons. The van der Waals surface area contributed by atoms with E-state index >= 15 is 0 Å². The zero-order chi connectivity index (χ0) is 12.8. The molecule has 0 bridgehead atoms. The van der Waals surface area contributed by atoms with E-state index < -0.39 is 6.10 Å². The van der Waals surface area contributed by atoms with Gasteiger partial charge in [-0.2, -0.15) is 0 Å². The van der Waals surface area contributed by atoms with Gasteiger partial charge in [0.2, 0.25) is 0 Å². The summed E-state index contributed by atoms with van der Waals surface area (Å²) in [5, 5.41) is 19.4. The van der Waals surface area contributed by atoms with Gasteiger partial charge in [-0.05, 0) is 31.4 Å². The van der Waals surface area contributed by atoms with E-state index in [1.165, 1.54) is 12.8 Å². The Hall–Kier alpha value is -0.900. The van der Waals surface area contributed by atoms with E-state index in [1.54, 1.807) is 0 Å². The first-order valence-electron chi connectivity index (χ1n) is 6.89. The number of rotatable bonds is 5. The summed E-state index contributed by atoms with van der Waals surface area (Å²) in [6.07, 6.45) is 3.97. The summed E-state index contributed by atoms with van der Waals surface area (Å²) in [6, 6.07) is 10.2. The predicted molar refractivity (Wildman–Crippen MR) is 72.3 cm³/mol. The first-order valence-corrected chi connectivity index (χ1v) is 6.89. The van der Waals surface area contributed by atoms with Gasteiger partial charge in [-0.3, -0.25) is 4.90 Å². The van der Waals surface area contributed by atoms with Gasteiger partial charge in [0, 0.05) is 19.2 Å². The minimum absolute atomic E-state index is 0.239. The maximum absolute atomic E-state index is 10.3. The fourth-order valence-corrected chi connectivity index (χ4v) is 2.78. The number of hydrogen-bond acceptors (Lipinski definition) is 3. The largest absolute Gasteiger partial charge is 0.396 e. The van der Waals surface area contributed by atoms with Crippen molar-refractivity contribution in [2.24, 2.45) is 0 Å². The van der Waals surface area contributed by atoms with Gasteiger partial charge in [0.15, 0.2) is 0 Å². The van der Waals surface area contributed by atoms with E-state index in [9.17, 15) is 5.11 Å². The maximum Gasteiger partial charge on any atom is 0.0917 e. The smallest absolute Gasteiger partial charge is 0.0917 e. The van der Waals surface area contributed by atoms with Crippen LogP contribution in [0, 0.1) is 0 Å². The fourth-order valence-electron chi connectivity index (χ4n) is 2.78. The summed E-state index contributed by atoms with van der Waals surface area (Å²) in [5.41, 5.74) is 0.978. The van der Waals surface area contributed by atoms with E-state index in [1.807, 2.05) is 30.3 Å². The van der Waals surface area contributed by atoms with Crippen molar-refractivity contribution >= 4 is 0 Å².